The molecule has 1 unspecified atom stereocenters. The number of hydrogen-bond acceptors (Lipinski definition) is 5. The second-order valence-electron chi connectivity index (χ2n) is 3.06. The van der Waals surface area contributed by atoms with Crippen LogP contribution >= 0.6 is 0 Å². The average molecular weight is 204 g/mol. The van der Waals surface area contributed by atoms with Crippen LogP contribution in [0.15, 0.2) is 0 Å². The zero-order valence-corrected chi connectivity index (χ0v) is 8.61. The van der Waals surface area contributed by atoms with E-state index in [9.17, 15) is 9.59 Å². The summed E-state index contributed by atoms with van der Waals surface area (Å²) in [6.07, 6.45) is 0. The van der Waals surface area contributed by atoms with Gasteiger partial charge in [-0.15, -0.1) is 0 Å². The monoisotopic (exact) mass is 204 g/mol. The van der Waals surface area contributed by atoms with Crippen LogP contribution in [-0.4, -0.2) is 62.3 Å². The summed E-state index contributed by atoms with van der Waals surface area (Å²) in [5.74, 6) is -0.987. The molecule has 0 heterocycles. The Morgan fingerprint density at radius 3 is 2.43 bits per heavy atom. The van der Waals surface area contributed by atoms with Crippen molar-refractivity contribution in [3.63, 3.8) is 0 Å². The highest BCUT2D eigenvalue weighted by molar-refractivity contribution is 5.85. The molecule has 14 heavy (non-hydrogen) atoms. The molecule has 0 rings (SSSR count). The van der Waals surface area contributed by atoms with Gasteiger partial charge in [-0.25, -0.2) is 4.79 Å². The molecule has 1 amide bonds. The lowest BCUT2D eigenvalue weighted by Gasteiger charge is -2.15. The summed E-state index contributed by atoms with van der Waals surface area (Å²) in [5.41, 5.74) is 0. The molecule has 0 aliphatic heterocycles. The fourth-order valence-corrected chi connectivity index (χ4v) is 0.849. The van der Waals surface area contributed by atoms with Crippen molar-refractivity contribution in [1.82, 2.24) is 10.2 Å². The van der Waals surface area contributed by atoms with Gasteiger partial charge in [0.2, 0.25) is 5.91 Å². The van der Waals surface area contributed by atoms with E-state index < -0.39 is 18.6 Å². The SMILES string of the molecule is COC(=O)C(CO)NC(=O)CN(C)C. The van der Waals surface area contributed by atoms with Crippen LogP contribution in [0.4, 0.5) is 0 Å². The van der Waals surface area contributed by atoms with Crippen LogP contribution in [0.25, 0.3) is 0 Å². The third kappa shape index (κ3) is 4.78. The molecule has 0 saturated carbocycles. The Morgan fingerprint density at radius 2 is 2.07 bits per heavy atom. The number of esters is 1. The van der Waals surface area contributed by atoms with Gasteiger partial charge in [0.05, 0.1) is 20.3 Å². The maximum atomic E-state index is 11.2. The van der Waals surface area contributed by atoms with Crippen LogP contribution in [0.3, 0.4) is 0 Å². The van der Waals surface area contributed by atoms with Gasteiger partial charge in [0, 0.05) is 0 Å². The minimum absolute atomic E-state index is 0.160. The number of ether oxygens (including phenoxy) is 1. The number of carbonyl (C=O) groups is 2. The zero-order chi connectivity index (χ0) is 11.1. The summed E-state index contributed by atoms with van der Waals surface area (Å²) in [5, 5.41) is 11.1. The van der Waals surface area contributed by atoms with Gasteiger partial charge in [-0.1, -0.05) is 0 Å². The van der Waals surface area contributed by atoms with Gasteiger partial charge in [-0.3, -0.25) is 4.79 Å². The summed E-state index contributed by atoms with van der Waals surface area (Å²) >= 11 is 0. The third-order valence-corrected chi connectivity index (χ3v) is 1.46. The van der Waals surface area contributed by atoms with Crippen LogP contribution < -0.4 is 5.32 Å². The van der Waals surface area contributed by atoms with Gasteiger partial charge in [-0.05, 0) is 14.1 Å². The molecule has 0 aromatic heterocycles. The maximum absolute atomic E-state index is 11.2. The summed E-state index contributed by atoms with van der Waals surface area (Å²) in [6, 6.07) is -0.979. The minimum Gasteiger partial charge on any atom is -0.467 e. The number of nitrogens with zero attached hydrogens (tertiary/aromatic N) is 1. The number of nitrogens with one attached hydrogen (secondary N) is 1. The van der Waals surface area contributed by atoms with E-state index in [4.69, 9.17) is 5.11 Å². The lowest BCUT2D eigenvalue weighted by atomic mass is 10.3. The lowest BCUT2D eigenvalue weighted by molar-refractivity contribution is -0.146. The smallest absolute Gasteiger partial charge is 0.330 e. The molecule has 0 aromatic carbocycles. The van der Waals surface area contributed by atoms with Crippen molar-refractivity contribution < 1.29 is 19.4 Å². The van der Waals surface area contributed by atoms with Crippen LogP contribution in [-0.2, 0) is 14.3 Å². The Kier molecular flexibility index (Phi) is 5.82. The molecule has 82 valence electrons. The van der Waals surface area contributed by atoms with Crippen molar-refractivity contribution in [2.75, 3.05) is 34.4 Å². The highest BCUT2D eigenvalue weighted by Crippen LogP contribution is 1.87. The molecule has 0 spiro atoms. The molecule has 1 atom stereocenters. The third-order valence-electron chi connectivity index (χ3n) is 1.46. The molecule has 2 N–H and O–H groups in total. The first-order valence-corrected chi connectivity index (χ1v) is 4.14. The van der Waals surface area contributed by atoms with Crippen LogP contribution in [0.2, 0.25) is 0 Å². The first-order chi connectivity index (χ1) is 6.51. The second kappa shape index (κ2) is 6.33. The Bertz CT molecular complexity index is 206. The molecule has 0 aliphatic rings. The molecule has 6 heteroatoms. The molecule has 0 fully saturated rings. The van der Waals surface area contributed by atoms with Gasteiger partial charge in [0.25, 0.3) is 0 Å². The first kappa shape index (κ1) is 12.9. The van der Waals surface area contributed by atoms with Crippen molar-refractivity contribution >= 4 is 11.9 Å². The molecule has 0 radical (unpaired) electrons. The molecular formula is C8H16N2O4. The zero-order valence-electron chi connectivity index (χ0n) is 8.61. The number of hydrogen-bond donors (Lipinski definition) is 2. The predicted octanol–water partition coefficient (Wildman–Crippen LogP) is -1.80. The summed E-state index contributed by atoms with van der Waals surface area (Å²) in [6.45, 7) is -0.306. The molecular weight excluding hydrogens is 188 g/mol. The molecule has 6 nitrogen and oxygen atoms in total. The van der Waals surface area contributed by atoms with Crippen LogP contribution in [0.1, 0.15) is 0 Å². The highest BCUT2D eigenvalue weighted by Gasteiger charge is 2.20. The number of amides is 1. The Hall–Kier alpha value is -1.14. The Morgan fingerprint density at radius 1 is 1.50 bits per heavy atom. The van der Waals surface area contributed by atoms with Gasteiger partial charge in [0.1, 0.15) is 0 Å². The van der Waals surface area contributed by atoms with E-state index in [1.165, 1.54) is 7.11 Å². The fourth-order valence-electron chi connectivity index (χ4n) is 0.849. The molecule has 0 bridgehead atoms. The number of aliphatic hydroxyl groups is 1. The molecule has 0 aromatic rings. The summed E-state index contributed by atoms with van der Waals surface area (Å²) < 4.78 is 4.38. The quantitative estimate of drug-likeness (QED) is 0.516. The average Bonchev–Trinajstić information content (AvgIpc) is 2.11. The number of likely N-dealkylation sites (N-methyl/N-ethyl adjacent to an activating group) is 1. The summed E-state index contributed by atoms with van der Waals surface area (Å²) in [4.78, 5) is 23.8. The number of carbonyl (C=O) groups excluding carboxylic acids is 2. The van der Waals surface area contributed by atoms with Crippen molar-refractivity contribution in [2.45, 2.75) is 6.04 Å². The van der Waals surface area contributed by atoms with E-state index in [1.807, 2.05) is 0 Å². The lowest BCUT2D eigenvalue weighted by Crippen LogP contribution is -2.46. The van der Waals surface area contributed by atoms with Crippen molar-refractivity contribution in [1.29, 1.82) is 0 Å². The number of methoxy groups -OCH3 is 1. The number of aliphatic hydroxyl groups excluding tert-OH is 1. The van der Waals surface area contributed by atoms with Crippen molar-refractivity contribution in [2.24, 2.45) is 0 Å². The van der Waals surface area contributed by atoms with E-state index in [-0.39, 0.29) is 12.5 Å². The van der Waals surface area contributed by atoms with Crippen LogP contribution in [0, 0.1) is 0 Å². The second-order valence-corrected chi connectivity index (χ2v) is 3.06. The first-order valence-electron chi connectivity index (χ1n) is 4.14. The largest absolute Gasteiger partial charge is 0.467 e. The van der Waals surface area contributed by atoms with E-state index in [1.54, 1.807) is 19.0 Å². The van der Waals surface area contributed by atoms with Gasteiger partial charge >= 0.3 is 5.97 Å². The van der Waals surface area contributed by atoms with Gasteiger partial charge in [0.15, 0.2) is 6.04 Å². The van der Waals surface area contributed by atoms with E-state index in [2.05, 4.69) is 10.1 Å². The van der Waals surface area contributed by atoms with Crippen molar-refractivity contribution in [3.8, 4) is 0 Å². The van der Waals surface area contributed by atoms with Crippen molar-refractivity contribution in [3.05, 3.63) is 0 Å². The highest BCUT2D eigenvalue weighted by atomic mass is 16.5. The maximum Gasteiger partial charge on any atom is 0.330 e. The molecule has 0 saturated heterocycles. The van der Waals surface area contributed by atoms with E-state index >= 15 is 0 Å². The number of rotatable bonds is 5. The normalized spacial score (nSPS) is 12.4. The Labute approximate surface area is 82.8 Å². The Balaban J connectivity index is 4.05. The van der Waals surface area contributed by atoms with Gasteiger partial charge in [-0.2, -0.15) is 0 Å². The summed E-state index contributed by atoms with van der Waals surface area (Å²) in [7, 11) is 4.65. The van der Waals surface area contributed by atoms with E-state index in [0.29, 0.717) is 0 Å². The standard InChI is InChI=1S/C8H16N2O4/c1-10(2)4-7(12)9-6(5-11)8(13)14-3/h6,11H,4-5H2,1-3H3,(H,9,12). The van der Waals surface area contributed by atoms with Gasteiger partial charge < -0.3 is 20.1 Å². The minimum atomic E-state index is -0.979. The fraction of sp³-hybridized carbons (Fsp3) is 0.750. The topological polar surface area (TPSA) is 78.9 Å². The molecule has 0 aliphatic carbocycles. The van der Waals surface area contributed by atoms with E-state index in [0.717, 1.165) is 0 Å². The van der Waals surface area contributed by atoms with Crippen LogP contribution in [0.5, 0.6) is 0 Å². The predicted molar refractivity (Wildman–Crippen MR) is 49.6 cm³/mol.